The van der Waals surface area contributed by atoms with E-state index < -0.39 is 22.4 Å². The van der Waals surface area contributed by atoms with Crippen molar-refractivity contribution >= 4 is 23.4 Å². The van der Waals surface area contributed by atoms with Gasteiger partial charge in [-0.2, -0.15) is 0 Å². The van der Waals surface area contributed by atoms with Crippen LogP contribution in [0.4, 0.5) is 15.8 Å². The largest absolute Gasteiger partial charge is 0.478 e. The molecule has 0 aliphatic carbocycles. The highest BCUT2D eigenvalue weighted by Crippen LogP contribution is 2.27. The summed E-state index contributed by atoms with van der Waals surface area (Å²) in [6.45, 7) is 0. The fraction of sp³-hybridized carbons (Fsp3) is 0. The number of carbonyl (C=O) groups is 1. The molecule has 0 spiro atoms. The van der Waals surface area contributed by atoms with E-state index in [0.717, 1.165) is 12.1 Å². The molecule has 0 aliphatic rings. The third-order valence-corrected chi connectivity index (χ3v) is 1.74. The lowest BCUT2D eigenvalue weighted by Crippen LogP contribution is -1.99. The Morgan fingerprint density at radius 2 is 2.19 bits per heavy atom. The molecule has 0 heterocycles. The van der Waals surface area contributed by atoms with Gasteiger partial charge in [0.1, 0.15) is 5.82 Å². The van der Waals surface area contributed by atoms with Gasteiger partial charge in [-0.15, -0.1) is 0 Å². The Morgan fingerprint density at radius 3 is 2.69 bits per heavy atom. The molecule has 0 unspecified atom stereocenters. The lowest BCUT2D eigenvalue weighted by Gasteiger charge is -2.01. The van der Waals surface area contributed by atoms with Crippen molar-refractivity contribution in [2.45, 2.75) is 0 Å². The van der Waals surface area contributed by atoms with Crippen molar-refractivity contribution in [3.63, 3.8) is 0 Å². The summed E-state index contributed by atoms with van der Waals surface area (Å²) < 4.78 is 12.8. The Bertz CT molecular complexity index is 485. The molecule has 0 amide bonds. The predicted octanol–water partition coefficient (Wildman–Crippen LogP) is 1.41. The molecule has 7 heteroatoms. The van der Waals surface area contributed by atoms with Gasteiger partial charge in [-0.05, 0) is 12.1 Å². The van der Waals surface area contributed by atoms with Crippen molar-refractivity contribution in [3.05, 3.63) is 39.7 Å². The summed E-state index contributed by atoms with van der Waals surface area (Å²) >= 11 is 0. The molecule has 0 fully saturated rings. The van der Waals surface area contributed by atoms with E-state index in [4.69, 9.17) is 10.8 Å². The first-order valence-corrected chi connectivity index (χ1v) is 4.06. The lowest BCUT2D eigenvalue weighted by atomic mass is 10.1. The number of carboxylic acid groups (broad SMARTS) is 1. The number of carboxylic acids is 1. The van der Waals surface area contributed by atoms with Crippen LogP contribution in [0.25, 0.3) is 6.08 Å². The number of aliphatic carboxylic acids is 1. The lowest BCUT2D eigenvalue weighted by molar-refractivity contribution is -0.385. The third-order valence-electron chi connectivity index (χ3n) is 1.74. The first kappa shape index (κ1) is 11.6. The van der Waals surface area contributed by atoms with E-state index in [1.54, 1.807) is 0 Å². The third kappa shape index (κ3) is 2.53. The van der Waals surface area contributed by atoms with Gasteiger partial charge in [0.15, 0.2) is 0 Å². The predicted molar refractivity (Wildman–Crippen MR) is 54.1 cm³/mol. The number of nitrogens with zero attached hydrogens (tertiary/aromatic N) is 1. The Morgan fingerprint density at radius 1 is 1.56 bits per heavy atom. The highest BCUT2D eigenvalue weighted by Gasteiger charge is 2.16. The Balaban J connectivity index is 3.35. The minimum atomic E-state index is -1.28. The highest BCUT2D eigenvalue weighted by atomic mass is 19.1. The first-order valence-electron chi connectivity index (χ1n) is 4.06. The fourth-order valence-electron chi connectivity index (χ4n) is 1.11. The van der Waals surface area contributed by atoms with Gasteiger partial charge in [0.05, 0.1) is 16.6 Å². The van der Waals surface area contributed by atoms with Crippen molar-refractivity contribution in [2.24, 2.45) is 0 Å². The summed E-state index contributed by atoms with van der Waals surface area (Å²) in [6.07, 6.45) is 1.64. The minimum Gasteiger partial charge on any atom is -0.478 e. The summed E-state index contributed by atoms with van der Waals surface area (Å²) in [6, 6.07) is 1.56. The molecule has 3 N–H and O–H groups in total. The van der Waals surface area contributed by atoms with Crippen molar-refractivity contribution in [3.8, 4) is 0 Å². The molecule has 1 aromatic carbocycles. The van der Waals surface area contributed by atoms with Crippen LogP contribution in [0.3, 0.4) is 0 Å². The van der Waals surface area contributed by atoms with Crippen LogP contribution in [-0.2, 0) is 4.79 Å². The molecule has 1 rings (SSSR count). The fourth-order valence-corrected chi connectivity index (χ4v) is 1.11. The van der Waals surface area contributed by atoms with Crippen molar-refractivity contribution in [2.75, 3.05) is 5.73 Å². The summed E-state index contributed by atoms with van der Waals surface area (Å²) in [5.41, 5.74) is 4.46. The van der Waals surface area contributed by atoms with E-state index in [1.165, 1.54) is 0 Å². The number of nitro benzene ring substituents is 1. The molecule has 0 aliphatic heterocycles. The van der Waals surface area contributed by atoms with Crippen molar-refractivity contribution in [1.82, 2.24) is 0 Å². The Labute approximate surface area is 89.0 Å². The second-order valence-corrected chi connectivity index (χ2v) is 2.86. The molecule has 0 saturated heterocycles. The zero-order valence-electron chi connectivity index (χ0n) is 7.88. The van der Waals surface area contributed by atoms with E-state index in [1.807, 2.05) is 0 Å². The number of nitrogen functional groups attached to an aromatic ring is 1. The van der Waals surface area contributed by atoms with Crippen LogP contribution < -0.4 is 5.73 Å². The van der Waals surface area contributed by atoms with E-state index >= 15 is 0 Å². The molecule has 1 aromatic rings. The maximum atomic E-state index is 12.8. The van der Waals surface area contributed by atoms with Crippen molar-refractivity contribution in [1.29, 1.82) is 0 Å². The Kier molecular flexibility index (Phi) is 3.19. The van der Waals surface area contributed by atoms with E-state index in [9.17, 15) is 19.3 Å². The van der Waals surface area contributed by atoms with Crippen LogP contribution in [0.2, 0.25) is 0 Å². The van der Waals surface area contributed by atoms with Gasteiger partial charge in [-0.25, -0.2) is 9.18 Å². The molecular weight excluding hydrogens is 219 g/mol. The molecule has 0 saturated carbocycles. The molecule has 16 heavy (non-hydrogen) atoms. The maximum absolute atomic E-state index is 12.8. The van der Waals surface area contributed by atoms with Crippen LogP contribution in [-0.4, -0.2) is 16.0 Å². The number of hydrogen-bond acceptors (Lipinski definition) is 4. The van der Waals surface area contributed by atoms with Gasteiger partial charge in [0, 0.05) is 11.8 Å². The Hall–Kier alpha value is -2.44. The van der Waals surface area contributed by atoms with Crippen LogP contribution in [0.15, 0.2) is 18.2 Å². The standard InChI is InChI=1S/C9H7FN2O4/c10-5-3-7(11)6(1-2-9(13)14)8(4-5)12(15)16/h1-4H,11H2,(H,13,14). The number of nitro groups is 1. The van der Waals surface area contributed by atoms with E-state index in [0.29, 0.717) is 12.1 Å². The topological polar surface area (TPSA) is 106 Å². The number of anilines is 1. The zero-order chi connectivity index (χ0) is 12.3. The second kappa shape index (κ2) is 4.39. The number of nitrogens with two attached hydrogens (primary N) is 1. The maximum Gasteiger partial charge on any atom is 0.328 e. The summed E-state index contributed by atoms with van der Waals surface area (Å²) in [4.78, 5) is 20.0. The zero-order valence-corrected chi connectivity index (χ0v) is 7.88. The quantitative estimate of drug-likeness (QED) is 0.350. The average molecular weight is 226 g/mol. The van der Waals surface area contributed by atoms with Crippen LogP contribution in [0, 0.1) is 15.9 Å². The van der Waals surface area contributed by atoms with Crippen LogP contribution in [0.5, 0.6) is 0 Å². The first-order chi connectivity index (χ1) is 7.41. The van der Waals surface area contributed by atoms with E-state index in [2.05, 4.69) is 0 Å². The molecule has 6 nitrogen and oxygen atoms in total. The monoisotopic (exact) mass is 226 g/mol. The normalized spacial score (nSPS) is 10.6. The number of hydrogen-bond donors (Lipinski definition) is 2. The average Bonchev–Trinajstić information content (AvgIpc) is 2.14. The van der Waals surface area contributed by atoms with Crippen LogP contribution in [0.1, 0.15) is 5.56 Å². The number of benzene rings is 1. The molecule has 0 aromatic heterocycles. The van der Waals surface area contributed by atoms with Gasteiger partial charge < -0.3 is 10.8 Å². The molecule has 0 radical (unpaired) electrons. The summed E-state index contributed by atoms with van der Waals surface area (Å²) in [5, 5.41) is 19.0. The SMILES string of the molecule is Nc1cc(F)cc([N+](=O)[O-])c1C=CC(=O)O. The summed E-state index contributed by atoms with van der Waals surface area (Å²) in [7, 11) is 0. The molecule has 84 valence electrons. The molecule has 0 bridgehead atoms. The van der Waals surface area contributed by atoms with Crippen molar-refractivity contribution < 1.29 is 19.2 Å². The van der Waals surface area contributed by atoms with Gasteiger partial charge >= 0.3 is 5.97 Å². The summed E-state index contributed by atoms with van der Waals surface area (Å²) in [5.74, 6) is -2.13. The van der Waals surface area contributed by atoms with Gasteiger partial charge in [-0.3, -0.25) is 10.1 Å². The number of rotatable bonds is 3. The molecule has 0 atom stereocenters. The van der Waals surface area contributed by atoms with Gasteiger partial charge in [0.25, 0.3) is 5.69 Å². The smallest absolute Gasteiger partial charge is 0.328 e. The number of halogens is 1. The van der Waals surface area contributed by atoms with Gasteiger partial charge in [0.2, 0.25) is 0 Å². The van der Waals surface area contributed by atoms with Gasteiger partial charge in [-0.1, -0.05) is 0 Å². The molecular formula is C9H7FN2O4. The minimum absolute atomic E-state index is 0.131. The van der Waals surface area contributed by atoms with Crippen LogP contribution >= 0.6 is 0 Å². The van der Waals surface area contributed by atoms with E-state index in [-0.39, 0.29) is 11.3 Å². The highest BCUT2D eigenvalue weighted by molar-refractivity contribution is 5.88. The second-order valence-electron chi connectivity index (χ2n) is 2.86.